The van der Waals surface area contributed by atoms with Crippen LogP contribution in [0, 0.1) is 0 Å². The summed E-state index contributed by atoms with van der Waals surface area (Å²) in [5.74, 6) is -0.340. The molecule has 138 valence electrons. The molecule has 0 fully saturated rings. The van der Waals surface area contributed by atoms with Gasteiger partial charge in [0.25, 0.3) is 0 Å². The lowest BCUT2D eigenvalue weighted by Crippen LogP contribution is -2.20. The van der Waals surface area contributed by atoms with Gasteiger partial charge in [0.05, 0.1) is 20.4 Å². The molecule has 0 amide bonds. The van der Waals surface area contributed by atoms with Crippen molar-refractivity contribution < 1.29 is 29.7 Å². The SMILES string of the molecule is COc1cc(OC)cc(C(Nc2ccc(/C=N\NO)c(O)c2)C(=O)O)c1. The third-order valence-electron chi connectivity index (χ3n) is 3.56. The van der Waals surface area contributed by atoms with Gasteiger partial charge >= 0.3 is 5.97 Å². The lowest BCUT2D eigenvalue weighted by Gasteiger charge is -2.18. The fraction of sp³-hybridized carbons (Fsp3) is 0.176. The van der Waals surface area contributed by atoms with E-state index in [4.69, 9.17) is 14.7 Å². The molecular weight excluding hydrogens is 342 g/mol. The van der Waals surface area contributed by atoms with Gasteiger partial charge in [0.2, 0.25) is 0 Å². The van der Waals surface area contributed by atoms with Gasteiger partial charge in [0, 0.05) is 23.4 Å². The maximum Gasteiger partial charge on any atom is 0.330 e. The van der Waals surface area contributed by atoms with Crippen LogP contribution in [0.4, 0.5) is 5.69 Å². The Labute approximate surface area is 149 Å². The van der Waals surface area contributed by atoms with E-state index in [9.17, 15) is 15.0 Å². The molecule has 0 bridgehead atoms. The Morgan fingerprint density at radius 3 is 2.31 bits per heavy atom. The van der Waals surface area contributed by atoms with Crippen molar-refractivity contribution in [3.05, 3.63) is 47.5 Å². The number of methoxy groups -OCH3 is 2. The van der Waals surface area contributed by atoms with Crippen LogP contribution in [0.2, 0.25) is 0 Å². The van der Waals surface area contributed by atoms with Crippen molar-refractivity contribution in [2.24, 2.45) is 5.10 Å². The average molecular weight is 361 g/mol. The van der Waals surface area contributed by atoms with Crippen LogP contribution in [-0.4, -0.2) is 41.8 Å². The van der Waals surface area contributed by atoms with Crippen molar-refractivity contribution >= 4 is 17.9 Å². The highest BCUT2D eigenvalue weighted by Gasteiger charge is 2.22. The van der Waals surface area contributed by atoms with Gasteiger partial charge in [-0.25, -0.2) is 4.79 Å². The number of hydrazone groups is 1. The predicted molar refractivity (Wildman–Crippen MR) is 94.2 cm³/mol. The largest absolute Gasteiger partial charge is 0.507 e. The number of carbonyl (C=O) groups is 1. The molecule has 1 unspecified atom stereocenters. The molecule has 0 aliphatic carbocycles. The normalized spacial score (nSPS) is 11.8. The second-order valence-electron chi connectivity index (χ2n) is 5.19. The molecule has 9 heteroatoms. The van der Waals surface area contributed by atoms with Gasteiger partial charge < -0.3 is 25.0 Å². The summed E-state index contributed by atoms with van der Waals surface area (Å²) in [5.41, 5.74) is 2.73. The quantitative estimate of drug-likeness (QED) is 0.356. The molecule has 0 aliphatic heterocycles. The molecule has 0 spiro atoms. The fourth-order valence-corrected chi connectivity index (χ4v) is 2.29. The Morgan fingerprint density at radius 2 is 1.81 bits per heavy atom. The number of ether oxygens (including phenoxy) is 2. The Balaban J connectivity index is 2.33. The van der Waals surface area contributed by atoms with E-state index in [1.165, 1.54) is 32.6 Å². The van der Waals surface area contributed by atoms with E-state index < -0.39 is 12.0 Å². The summed E-state index contributed by atoms with van der Waals surface area (Å²) in [6.45, 7) is 0. The van der Waals surface area contributed by atoms with Crippen LogP contribution >= 0.6 is 0 Å². The Morgan fingerprint density at radius 1 is 1.15 bits per heavy atom. The number of nitrogens with one attached hydrogen (secondary N) is 2. The highest BCUT2D eigenvalue weighted by atomic mass is 16.5. The number of aliphatic carboxylic acids is 1. The zero-order valence-corrected chi connectivity index (χ0v) is 14.1. The number of phenolic OH excluding ortho intramolecular Hbond substituents is 1. The van der Waals surface area contributed by atoms with Crippen LogP contribution in [0.5, 0.6) is 17.2 Å². The van der Waals surface area contributed by atoms with E-state index in [1.54, 1.807) is 29.9 Å². The smallest absolute Gasteiger partial charge is 0.330 e. The van der Waals surface area contributed by atoms with Crippen molar-refractivity contribution in [3.63, 3.8) is 0 Å². The maximum atomic E-state index is 11.7. The highest BCUT2D eigenvalue weighted by Crippen LogP contribution is 2.30. The highest BCUT2D eigenvalue weighted by molar-refractivity contribution is 5.85. The van der Waals surface area contributed by atoms with Crippen molar-refractivity contribution in [3.8, 4) is 17.2 Å². The van der Waals surface area contributed by atoms with Gasteiger partial charge in [-0.2, -0.15) is 10.7 Å². The van der Waals surface area contributed by atoms with E-state index >= 15 is 0 Å². The molecule has 0 aliphatic rings. The number of phenols is 1. The van der Waals surface area contributed by atoms with E-state index in [2.05, 4.69) is 10.4 Å². The molecule has 0 saturated heterocycles. The van der Waals surface area contributed by atoms with E-state index in [-0.39, 0.29) is 5.75 Å². The maximum absolute atomic E-state index is 11.7. The Kier molecular flexibility index (Phi) is 6.23. The Bertz CT molecular complexity index is 787. The summed E-state index contributed by atoms with van der Waals surface area (Å²) < 4.78 is 10.3. The summed E-state index contributed by atoms with van der Waals surface area (Å²) in [6, 6.07) is 8.15. The Hall–Kier alpha value is -3.46. The number of rotatable bonds is 8. The van der Waals surface area contributed by atoms with Gasteiger partial charge in [-0.05, 0) is 29.8 Å². The molecule has 26 heavy (non-hydrogen) atoms. The first kappa shape index (κ1) is 18.9. The monoisotopic (exact) mass is 361 g/mol. The standard InChI is InChI=1S/C17H19N3O6/c1-25-13-5-11(6-14(8-13)26-2)16(17(22)23)19-12-4-3-10(9-18-20-24)15(21)7-12/h3-9,16,19-21,24H,1-2H3,(H,22,23)/b18-9-. The van der Waals surface area contributed by atoms with Crippen LogP contribution < -0.4 is 20.4 Å². The number of carboxylic acids is 1. The minimum atomic E-state index is -1.12. The minimum Gasteiger partial charge on any atom is -0.507 e. The molecule has 0 aromatic heterocycles. The number of hydrogen-bond donors (Lipinski definition) is 5. The number of nitrogens with zero attached hydrogens (tertiary/aromatic N) is 1. The average Bonchev–Trinajstić information content (AvgIpc) is 2.64. The van der Waals surface area contributed by atoms with Crippen LogP contribution in [-0.2, 0) is 4.79 Å². The summed E-state index contributed by atoms with van der Waals surface area (Å²) >= 11 is 0. The molecule has 9 nitrogen and oxygen atoms in total. The molecule has 5 N–H and O–H groups in total. The molecule has 2 aromatic carbocycles. The molecule has 0 heterocycles. The lowest BCUT2D eigenvalue weighted by atomic mass is 10.1. The zero-order valence-electron chi connectivity index (χ0n) is 14.1. The van der Waals surface area contributed by atoms with Crippen molar-refractivity contribution in [1.29, 1.82) is 0 Å². The third kappa shape index (κ3) is 4.54. The van der Waals surface area contributed by atoms with Gasteiger partial charge in [0.1, 0.15) is 17.2 Å². The minimum absolute atomic E-state index is 0.138. The van der Waals surface area contributed by atoms with Crippen LogP contribution in [0.3, 0.4) is 0 Å². The van der Waals surface area contributed by atoms with Crippen LogP contribution in [0.15, 0.2) is 41.5 Å². The van der Waals surface area contributed by atoms with Crippen molar-refractivity contribution in [2.75, 3.05) is 19.5 Å². The second-order valence-corrected chi connectivity index (χ2v) is 5.19. The van der Waals surface area contributed by atoms with Gasteiger partial charge in [0.15, 0.2) is 6.04 Å². The number of anilines is 1. The van der Waals surface area contributed by atoms with Gasteiger partial charge in [-0.15, -0.1) is 0 Å². The first-order chi connectivity index (χ1) is 12.5. The predicted octanol–water partition coefficient (Wildman–Crippen LogP) is 1.96. The van der Waals surface area contributed by atoms with Crippen molar-refractivity contribution in [1.82, 2.24) is 5.59 Å². The number of hydrogen-bond acceptors (Lipinski definition) is 8. The summed E-state index contributed by atoms with van der Waals surface area (Å²) in [7, 11) is 2.95. The van der Waals surface area contributed by atoms with Crippen LogP contribution in [0.25, 0.3) is 0 Å². The first-order valence-corrected chi connectivity index (χ1v) is 7.46. The fourth-order valence-electron chi connectivity index (χ4n) is 2.29. The number of carboxylic acid groups (broad SMARTS) is 1. The molecule has 2 aromatic rings. The molecule has 0 radical (unpaired) electrons. The van der Waals surface area contributed by atoms with Gasteiger partial charge in [-0.3, -0.25) is 5.21 Å². The van der Waals surface area contributed by atoms with E-state index in [1.807, 2.05) is 0 Å². The number of aromatic hydroxyl groups is 1. The van der Waals surface area contributed by atoms with Gasteiger partial charge in [-0.1, -0.05) is 0 Å². The molecule has 1 atom stereocenters. The third-order valence-corrected chi connectivity index (χ3v) is 3.56. The molecular formula is C17H19N3O6. The summed E-state index contributed by atoms with van der Waals surface area (Å²) in [6.07, 6.45) is 1.21. The topological polar surface area (TPSA) is 133 Å². The summed E-state index contributed by atoms with van der Waals surface area (Å²) in [4.78, 5) is 11.7. The van der Waals surface area contributed by atoms with E-state index in [0.717, 1.165) is 0 Å². The second kappa shape index (κ2) is 8.58. The molecule has 2 rings (SSSR count). The van der Waals surface area contributed by atoms with E-state index in [0.29, 0.717) is 28.3 Å². The van der Waals surface area contributed by atoms with Crippen molar-refractivity contribution in [2.45, 2.75) is 6.04 Å². The first-order valence-electron chi connectivity index (χ1n) is 7.46. The lowest BCUT2D eigenvalue weighted by molar-refractivity contribution is -0.138. The molecule has 0 saturated carbocycles. The van der Waals surface area contributed by atoms with Crippen LogP contribution in [0.1, 0.15) is 17.2 Å². The number of benzene rings is 2. The zero-order chi connectivity index (χ0) is 19.1. The summed E-state index contributed by atoms with van der Waals surface area (Å²) in [5, 5.41) is 34.2.